The van der Waals surface area contributed by atoms with Crippen molar-refractivity contribution in [1.82, 2.24) is 0 Å². The first-order valence-corrected chi connectivity index (χ1v) is 11.9. The molecule has 1 saturated heterocycles. The van der Waals surface area contributed by atoms with Crippen LogP contribution < -0.4 is 0 Å². The predicted molar refractivity (Wildman–Crippen MR) is 129 cm³/mol. The molecular weight excluding hydrogens is 452 g/mol. The number of benzene rings is 1. The first kappa shape index (κ1) is 22.7. The summed E-state index contributed by atoms with van der Waals surface area (Å²) in [5, 5.41) is 0. The molecule has 166 valence electrons. The number of rotatable bonds is 8. The van der Waals surface area contributed by atoms with E-state index in [-0.39, 0.29) is 23.2 Å². The molecule has 4 atom stereocenters. The number of halogens is 1. The Morgan fingerprint density at radius 2 is 1.97 bits per heavy atom. The molecule has 31 heavy (non-hydrogen) atoms. The van der Waals surface area contributed by atoms with Gasteiger partial charge in [-0.05, 0) is 36.7 Å². The van der Waals surface area contributed by atoms with Gasteiger partial charge in [0, 0.05) is 22.7 Å². The van der Waals surface area contributed by atoms with Crippen LogP contribution in [0, 0.1) is 23.2 Å². The van der Waals surface area contributed by atoms with E-state index >= 15 is 0 Å². The van der Waals surface area contributed by atoms with Crippen molar-refractivity contribution < 1.29 is 14.2 Å². The van der Waals surface area contributed by atoms with Crippen LogP contribution in [-0.4, -0.2) is 25.6 Å². The summed E-state index contributed by atoms with van der Waals surface area (Å²) in [6, 6.07) is 10.3. The fraction of sp³-hybridized carbons (Fsp3) is 0.481. The average Bonchev–Trinajstić information content (AvgIpc) is 3.35. The van der Waals surface area contributed by atoms with E-state index in [4.69, 9.17) is 14.2 Å². The highest BCUT2D eigenvalue weighted by Crippen LogP contribution is 2.66. The highest BCUT2D eigenvalue weighted by molar-refractivity contribution is 9.11. The van der Waals surface area contributed by atoms with E-state index in [1.165, 1.54) is 16.7 Å². The minimum atomic E-state index is -0.532. The summed E-state index contributed by atoms with van der Waals surface area (Å²) < 4.78 is 19.7. The van der Waals surface area contributed by atoms with Crippen LogP contribution in [0.25, 0.3) is 0 Å². The van der Waals surface area contributed by atoms with Crippen molar-refractivity contribution in [2.75, 3.05) is 19.8 Å². The fourth-order valence-electron chi connectivity index (χ4n) is 6.02. The van der Waals surface area contributed by atoms with Gasteiger partial charge in [-0.25, -0.2) is 0 Å². The van der Waals surface area contributed by atoms with Gasteiger partial charge in [-0.2, -0.15) is 0 Å². The molecule has 1 heterocycles. The average molecular weight is 485 g/mol. The Bertz CT molecular complexity index is 868. The lowest BCUT2D eigenvalue weighted by molar-refractivity contribution is -0.222. The smallest absolute Gasteiger partial charge is 0.175 e. The van der Waals surface area contributed by atoms with E-state index in [1.54, 1.807) is 0 Å². The zero-order valence-corrected chi connectivity index (χ0v) is 20.0. The van der Waals surface area contributed by atoms with E-state index in [0.29, 0.717) is 26.4 Å². The molecule has 0 radical (unpaired) electrons. The maximum absolute atomic E-state index is 6.28. The van der Waals surface area contributed by atoms with Gasteiger partial charge in [-0.1, -0.05) is 89.3 Å². The summed E-state index contributed by atoms with van der Waals surface area (Å²) in [5.74, 6) is 0.159. The Morgan fingerprint density at radius 3 is 2.61 bits per heavy atom. The van der Waals surface area contributed by atoms with Crippen molar-refractivity contribution in [3.8, 4) is 0 Å². The topological polar surface area (TPSA) is 27.7 Å². The lowest BCUT2D eigenvalue weighted by atomic mass is 9.57. The number of hydrogen-bond donors (Lipinski definition) is 0. The molecule has 2 saturated carbocycles. The molecule has 3 nitrogen and oxygen atoms in total. The van der Waals surface area contributed by atoms with Gasteiger partial charge in [0.2, 0.25) is 0 Å². The van der Waals surface area contributed by atoms with Gasteiger partial charge in [0.25, 0.3) is 0 Å². The standard InChI is InChI=1S/C27H33BrO3/c1-5-23(28)13-22(18-29-17-21-9-7-6-8-10-21)26-14-20(4)25(15-26)27(30-11-12-31-27)16-24(26)19(2)3/h5-10,13,22,24-25H,1-2,4,11-12,14-18H2,3H3/b23-13-/t22-,24+,25-,26-/m1/s1. The van der Waals surface area contributed by atoms with E-state index in [0.717, 1.165) is 23.7 Å². The van der Waals surface area contributed by atoms with Crippen molar-refractivity contribution in [3.63, 3.8) is 0 Å². The molecule has 2 bridgehead atoms. The highest BCUT2D eigenvalue weighted by atomic mass is 79.9. The van der Waals surface area contributed by atoms with Crippen molar-refractivity contribution in [3.05, 3.63) is 83.4 Å². The molecular formula is C27H33BrO3. The number of fused-ring (bicyclic) bond motifs is 3. The monoisotopic (exact) mass is 484 g/mol. The van der Waals surface area contributed by atoms with Crippen LogP contribution in [0.1, 0.15) is 31.7 Å². The van der Waals surface area contributed by atoms with Crippen molar-refractivity contribution >= 4 is 15.9 Å². The molecule has 3 aliphatic rings. The van der Waals surface area contributed by atoms with Gasteiger partial charge in [0.05, 0.1) is 26.4 Å². The van der Waals surface area contributed by atoms with Crippen LogP contribution in [0.15, 0.2) is 77.8 Å². The van der Waals surface area contributed by atoms with Crippen LogP contribution in [0.4, 0.5) is 0 Å². The molecule has 2 aliphatic carbocycles. The summed E-state index contributed by atoms with van der Waals surface area (Å²) >= 11 is 3.67. The van der Waals surface area contributed by atoms with Crippen LogP contribution >= 0.6 is 15.9 Å². The molecule has 1 aromatic rings. The van der Waals surface area contributed by atoms with Crippen LogP contribution in [0.2, 0.25) is 0 Å². The Labute approximate surface area is 195 Å². The lowest BCUT2D eigenvalue weighted by Gasteiger charge is -2.51. The van der Waals surface area contributed by atoms with Gasteiger partial charge in [-0.3, -0.25) is 0 Å². The van der Waals surface area contributed by atoms with Gasteiger partial charge >= 0.3 is 0 Å². The fourth-order valence-corrected chi connectivity index (χ4v) is 6.34. The third kappa shape index (κ3) is 4.28. The third-order valence-electron chi connectivity index (χ3n) is 7.42. The normalized spacial score (nSPS) is 30.5. The Balaban J connectivity index is 1.64. The maximum Gasteiger partial charge on any atom is 0.175 e. The molecule has 0 amide bonds. The molecule has 0 unspecified atom stereocenters. The van der Waals surface area contributed by atoms with Gasteiger partial charge in [0.15, 0.2) is 5.79 Å². The molecule has 4 rings (SSSR count). The number of allylic oxidation sites excluding steroid dienone is 3. The Hall–Kier alpha value is -1.46. The summed E-state index contributed by atoms with van der Waals surface area (Å²) in [7, 11) is 0. The molecule has 1 aliphatic heterocycles. The van der Waals surface area contributed by atoms with Crippen LogP contribution in [0.5, 0.6) is 0 Å². The Morgan fingerprint density at radius 1 is 1.26 bits per heavy atom. The van der Waals surface area contributed by atoms with Crippen molar-refractivity contribution in [2.45, 2.75) is 38.6 Å². The summed E-state index contributed by atoms with van der Waals surface area (Å²) in [5.41, 5.74) is 3.60. The van der Waals surface area contributed by atoms with E-state index in [2.05, 4.69) is 60.8 Å². The van der Waals surface area contributed by atoms with E-state index < -0.39 is 5.79 Å². The summed E-state index contributed by atoms with van der Waals surface area (Å²) in [6.45, 7) is 17.5. The Kier molecular flexibility index (Phi) is 6.73. The SMILES string of the molecule is C=C/C(Br)=C/[C@H](COCc1ccccc1)[C@@]12CC(=C)[C@@H](C1)C1(C[C@H]2C(=C)C)OCCO1. The number of hydrogen-bond acceptors (Lipinski definition) is 3. The van der Waals surface area contributed by atoms with Crippen LogP contribution in [-0.2, 0) is 20.8 Å². The minimum Gasteiger partial charge on any atom is -0.376 e. The first-order valence-electron chi connectivity index (χ1n) is 11.1. The third-order valence-corrected chi connectivity index (χ3v) is 8.01. The highest BCUT2D eigenvalue weighted by Gasteiger charge is 2.64. The molecule has 0 aromatic heterocycles. The van der Waals surface area contributed by atoms with E-state index in [1.807, 2.05) is 24.3 Å². The number of ether oxygens (including phenoxy) is 3. The second-order valence-electron chi connectivity index (χ2n) is 9.30. The zero-order chi connectivity index (χ0) is 22.1. The maximum atomic E-state index is 6.28. The largest absolute Gasteiger partial charge is 0.376 e. The zero-order valence-electron chi connectivity index (χ0n) is 18.4. The first-order chi connectivity index (χ1) is 14.9. The summed E-state index contributed by atoms with van der Waals surface area (Å²) in [6.07, 6.45) is 6.89. The molecule has 1 aromatic carbocycles. The quantitative estimate of drug-likeness (QED) is 0.308. The molecule has 1 spiro atoms. The van der Waals surface area contributed by atoms with Gasteiger partial charge < -0.3 is 14.2 Å². The van der Waals surface area contributed by atoms with Gasteiger partial charge in [0.1, 0.15) is 0 Å². The minimum absolute atomic E-state index is 0.00708. The van der Waals surface area contributed by atoms with Crippen molar-refractivity contribution in [2.24, 2.45) is 23.2 Å². The lowest BCUT2D eigenvalue weighted by Crippen LogP contribution is -2.51. The van der Waals surface area contributed by atoms with Crippen molar-refractivity contribution in [1.29, 1.82) is 0 Å². The molecule has 0 N–H and O–H groups in total. The van der Waals surface area contributed by atoms with Gasteiger partial charge in [-0.15, -0.1) is 0 Å². The molecule has 3 fully saturated rings. The summed E-state index contributed by atoms with van der Waals surface area (Å²) in [4.78, 5) is 0. The second-order valence-corrected chi connectivity index (χ2v) is 10.2. The molecule has 4 heteroatoms. The van der Waals surface area contributed by atoms with Crippen LogP contribution in [0.3, 0.4) is 0 Å². The second kappa shape index (κ2) is 9.19. The van der Waals surface area contributed by atoms with E-state index in [9.17, 15) is 0 Å². The predicted octanol–water partition coefficient (Wildman–Crippen LogP) is 6.58.